The number of esters is 1. The van der Waals surface area contributed by atoms with Crippen molar-refractivity contribution in [3.63, 3.8) is 0 Å². The second-order valence-electron chi connectivity index (χ2n) is 8.68. The van der Waals surface area contributed by atoms with Crippen LogP contribution in [0.4, 0.5) is 4.39 Å². The summed E-state index contributed by atoms with van der Waals surface area (Å²) in [6, 6.07) is 7.05. The smallest absolute Gasteiger partial charge is 0.323 e. The number of nitrogens with two attached hydrogens (primary N) is 1. The molecule has 0 amide bonds. The number of ether oxygens (including phenoxy) is 2. The topological polar surface area (TPSA) is 136 Å². The van der Waals surface area contributed by atoms with Crippen LogP contribution in [0.15, 0.2) is 60.0 Å². The van der Waals surface area contributed by atoms with Crippen molar-refractivity contribution < 1.29 is 32.9 Å². The van der Waals surface area contributed by atoms with Gasteiger partial charge in [0.25, 0.3) is 0 Å². The molecule has 2 aliphatic heterocycles. The van der Waals surface area contributed by atoms with E-state index in [1.807, 2.05) is 0 Å². The lowest BCUT2D eigenvalue weighted by atomic mass is 9.99. The summed E-state index contributed by atoms with van der Waals surface area (Å²) in [4.78, 5) is 17.6. The van der Waals surface area contributed by atoms with Crippen LogP contribution in [0.3, 0.4) is 0 Å². The van der Waals surface area contributed by atoms with Crippen molar-refractivity contribution in [2.45, 2.75) is 57.0 Å². The lowest BCUT2D eigenvalue weighted by Gasteiger charge is -2.33. The van der Waals surface area contributed by atoms with Crippen molar-refractivity contribution in [1.29, 1.82) is 0 Å². The molecule has 0 radical (unpaired) electrons. The molecule has 1 aromatic rings. The van der Waals surface area contributed by atoms with E-state index in [0.717, 1.165) is 0 Å². The minimum atomic E-state index is -4.13. The monoisotopic (exact) mass is 520 g/mol. The highest BCUT2D eigenvalue weighted by atomic mass is 31.2. The second kappa shape index (κ2) is 10.8. The number of para-hydroxylation sites is 1. The molecule has 0 saturated carbocycles. The minimum absolute atomic E-state index is 0.0644. The van der Waals surface area contributed by atoms with Crippen molar-refractivity contribution in [3.8, 4) is 18.1 Å². The molecule has 4 N–H and O–H groups in total. The Balaban J connectivity index is 1.92. The number of rotatable bonds is 9. The number of halogens is 1. The van der Waals surface area contributed by atoms with E-state index in [2.05, 4.69) is 22.6 Å². The number of carbonyl (C=O) groups is 1. The highest BCUT2D eigenvalue weighted by molar-refractivity contribution is 7.57. The Morgan fingerprint density at radius 2 is 2.11 bits per heavy atom. The van der Waals surface area contributed by atoms with Crippen LogP contribution in [-0.4, -0.2) is 64.2 Å². The van der Waals surface area contributed by atoms with Crippen LogP contribution in [0.25, 0.3) is 0 Å². The van der Waals surface area contributed by atoms with Crippen LogP contribution in [0, 0.1) is 12.3 Å². The van der Waals surface area contributed by atoms with Gasteiger partial charge in [0, 0.05) is 6.20 Å². The zero-order valence-electron chi connectivity index (χ0n) is 20.2. The number of nitrogens with zero attached hydrogens (tertiary/aromatic N) is 2. The minimum Gasteiger partial charge on any atom is -0.462 e. The van der Waals surface area contributed by atoms with Gasteiger partial charge in [-0.25, -0.2) is 14.5 Å². The Labute approximate surface area is 209 Å². The van der Waals surface area contributed by atoms with Crippen molar-refractivity contribution in [2.75, 3.05) is 6.16 Å². The van der Waals surface area contributed by atoms with Crippen molar-refractivity contribution >= 4 is 19.3 Å². The molecule has 0 spiro atoms. The van der Waals surface area contributed by atoms with E-state index in [0.29, 0.717) is 0 Å². The highest BCUT2D eigenvalue weighted by Crippen LogP contribution is 2.51. The molecule has 2 heterocycles. The van der Waals surface area contributed by atoms with Crippen LogP contribution >= 0.6 is 7.52 Å². The zero-order chi connectivity index (χ0) is 26.7. The first kappa shape index (κ1) is 27.4. The van der Waals surface area contributed by atoms with E-state index in [9.17, 15) is 14.5 Å². The van der Waals surface area contributed by atoms with Gasteiger partial charge in [-0.3, -0.25) is 9.36 Å². The van der Waals surface area contributed by atoms with Crippen molar-refractivity contribution in [1.82, 2.24) is 9.99 Å². The van der Waals surface area contributed by atoms with Crippen LogP contribution in [0.1, 0.15) is 20.8 Å². The third kappa shape index (κ3) is 5.97. The first-order valence-electron chi connectivity index (χ1n) is 11.2. The molecule has 36 heavy (non-hydrogen) atoms. The summed E-state index contributed by atoms with van der Waals surface area (Å²) in [5.74, 6) is 2.00. The molecule has 10 nitrogen and oxygen atoms in total. The summed E-state index contributed by atoms with van der Waals surface area (Å²) < 4.78 is 46.3. The molecule has 2 unspecified atom stereocenters. The van der Waals surface area contributed by atoms with E-state index in [4.69, 9.17) is 26.2 Å². The fourth-order valence-electron chi connectivity index (χ4n) is 3.74. The van der Waals surface area contributed by atoms with Gasteiger partial charge in [0.2, 0.25) is 0 Å². The maximum Gasteiger partial charge on any atom is 0.323 e. The SMILES string of the molecule is C#C[C@]1(CP(=O)(NC(C)C(=O)OC(C)C)Oc2ccccc2)O[C@@H](N2C=CC(N)=NC2=C)[C@H](F)[C@@H]1O. The van der Waals surface area contributed by atoms with Gasteiger partial charge in [-0.05, 0) is 39.0 Å². The summed E-state index contributed by atoms with van der Waals surface area (Å²) in [7, 11) is -4.13. The molecule has 6 atom stereocenters. The number of amidine groups is 1. The number of aliphatic hydroxyl groups is 1. The van der Waals surface area contributed by atoms with Gasteiger partial charge in [-0.15, -0.1) is 6.42 Å². The summed E-state index contributed by atoms with van der Waals surface area (Å²) in [5, 5.41) is 13.5. The van der Waals surface area contributed by atoms with E-state index >= 15 is 4.39 Å². The molecule has 194 valence electrons. The van der Waals surface area contributed by atoms with Gasteiger partial charge in [0.15, 0.2) is 18.0 Å². The fraction of sp³-hybridized carbons (Fsp3) is 0.417. The molecule has 1 fully saturated rings. The number of alkyl halides is 1. The predicted octanol–water partition coefficient (Wildman–Crippen LogP) is 2.27. The molecule has 2 aliphatic rings. The van der Waals surface area contributed by atoms with E-state index in [-0.39, 0.29) is 17.4 Å². The Hall–Kier alpha value is -3.16. The molecule has 12 heteroatoms. The lowest BCUT2D eigenvalue weighted by molar-refractivity contribution is -0.149. The van der Waals surface area contributed by atoms with Crippen LogP contribution in [0.2, 0.25) is 0 Å². The quantitative estimate of drug-likeness (QED) is 0.255. The summed E-state index contributed by atoms with van der Waals surface area (Å²) >= 11 is 0. The molecule has 0 bridgehead atoms. The van der Waals surface area contributed by atoms with Gasteiger partial charge >= 0.3 is 13.5 Å². The van der Waals surface area contributed by atoms with Crippen LogP contribution < -0.4 is 15.3 Å². The van der Waals surface area contributed by atoms with Crippen LogP contribution in [-0.2, 0) is 18.8 Å². The largest absolute Gasteiger partial charge is 0.462 e. The Bertz CT molecular complexity index is 1140. The first-order valence-corrected chi connectivity index (χ1v) is 13.0. The lowest BCUT2D eigenvalue weighted by Crippen LogP contribution is -2.47. The van der Waals surface area contributed by atoms with Crippen molar-refractivity contribution in [3.05, 3.63) is 55.0 Å². The summed E-state index contributed by atoms with van der Waals surface area (Å²) in [6.07, 6.45) is 2.06. The number of hydrogen-bond donors (Lipinski definition) is 3. The zero-order valence-corrected chi connectivity index (χ0v) is 21.1. The van der Waals surface area contributed by atoms with Crippen LogP contribution in [0.5, 0.6) is 5.75 Å². The number of aliphatic imine (C=N–C) groups is 1. The molecular formula is C24H30FN4O6P. The Morgan fingerprint density at radius 1 is 1.44 bits per heavy atom. The third-order valence-electron chi connectivity index (χ3n) is 5.40. The maximum atomic E-state index is 15.4. The van der Waals surface area contributed by atoms with Gasteiger partial charge in [0.1, 0.15) is 29.6 Å². The standard InChI is InChI=1S/C24H30FN4O6P/c1-6-24(21(30)20(25)22(34-24)29-13-12-19(26)27-17(29)5)14-36(32,35-18-10-8-7-9-11-18)28-16(4)23(31)33-15(2)3/h1,7-13,15-16,20-22,30H,5,14H2,2-4H3,(H2,26,27)(H,28,32)/t16?,20-,21+,22-,24-,36?/m1/s1. The normalized spacial score (nSPS) is 28.2. The summed E-state index contributed by atoms with van der Waals surface area (Å²) in [6.45, 7) is 8.50. The van der Waals surface area contributed by atoms with E-state index < -0.39 is 55.9 Å². The molecule has 1 saturated heterocycles. The fourth-order valence-corrected chi connectivity index (χ4v) is 6.07. The second-order valence-corrected chi connectivity index (χ2v) is 10.8. The number of terminal acetylenes is 1. The summed E-state index contributed by atoms with van der Waals surface area (Å²) in [5.41, 5.74) is 3.55. The number of hydrogen-bond acceptors (Lipinski definition) is 9. The molecule has 3 rings (SSSR count). The molecule has 1 aromatic carbocycles. The highest BCUT2D eigenvalue weighted by Gasteiger charge is 2.59. The van der Waals surface area contributed by atoms with Crippen molar-refractivity contribution in [2.24, 2.45) is 10.7 Å². The van der Waals surface area contributed by atoms with Gasteiger partial charge < -0.3 is 29.7 Å². The first-order chi connectivity index (χ1) is 16.9. The average molecular weight is 520 g/mol. The van der Waals surface area contributed by atoms with E-state index in [1.54, 1.807) is 44.2 Å². The molecule has 0 aliphatic carbocycles. The maximum absolute atomic E-state index is 15.4. The number of nitrogens with one attached hydrogen (secondary N) is 1. The van der Waals surface area contributed by atoms with Gasteiger partial charge in [-0.2, -0.15) is 0 Å². The number of benzene rings is 1. The average Bonchev–Trinajstić information content (AvgIpc) is 3.04. The predicted molar refractivity (Wildman–Crippen MR) is 132 cm³/mol. The van der Waals surface area contributed by atoms with Gasteiger partial charge in [0.05, 0.1) is 12.3 Å². The third-order valence-corrected chi connectivity index (χ3v) is 7.57. The number of aliphatic hydroxyl groups excluding tert-OH is 1. The Morgan fingerprint density at radius 3 is 2.69 bits per heavy atom. The van der Waals surface area contributed by atoms with E-state index in [1.165, 1.54) is 24.1 Å². The Kier molecular flexibility index (Phi) is 8.26. The van der Waals surface area contributed by atoms with Gasteiger partial charge in [-0.1, -0.05) is 30.7 Å². The molecule has 0 aromatic heterocycles. The molecular weight excluding hydrogens is 490 g/mol. The number of carbonyl (C=O) groups excluding carboxylic acids is 1.